The van der Waals surface area contributed by atoms with Crippen LogP contribution < -0.4 is 5.73 Å². The van der Waals surface area contributed by atoms with Gasteiger partial charge in [0.25, 0.3) is 0 Å². The van der Waals surface area contributed by atoms with Gasteiger partial charge in [0, 0.05) is 29.3 Å². The molecule has 2 nitrogen and oxygen atoms in total. The van der Waals surface area contributed by atoms with Gasteiger partial charge in [0.15, 0.2) is 0 Å². The maximum absolute atomic E-state index is 5.92. The second kappa shape index (κ2) is 5.08. The van der Waals surface area contributed by atoms with Gasteiger partial charge in [0.05, 0.1) is 0 Å². The molecule has 0 aliphatic carbocycles. The van der Waals surface area contributed by atoms with Crippen molar-refractivity contribution in [2.75, 3.05) is 0 Å². The fourth-order valence-corrected chi connectivity index (χ4v) is 2.52. The lowest BCUT2D eigenvalue weighted by Gasteiger charge is -2.10. The van der Waals surface area contributed by atoms with Gasteiger partial charge in [-0.25, -0.2) is 0 Å². The summed E-state index contributed by atoms with van der Waals surface area (Å²) in [4.78, 5) is 0. The second-order valence-electron chi connectivity index (χ2n) is 4.61. The quantitative estimate of drug-likeness (QED) is 0.771. The van der Waals surface area contributed by atoms with Gasteiger partial charge in [0.2, 0.25) is 0 Å². The zero-order valence-electron chi connectivity index (χ0n) is 10.5. The van der Waals surface area contributed by atoms with Crippen molar-refractivity contribution in [2.45, 2.75) is 13.1 Å². The third-order valence-electron chi connectivity index (χ3n) is 3.36. The van der Waals surface area contributed by atoms with Crippen LogP contribution in [0, 0.1) is 0 Å². The molecule has 0 aliphatic heterocycles. The largest absolute Gasteiger partial charge is 0.339 e. The van der Waals surface area contributed by atoms with Crippen molar-refractivity contribution >= 4 is 22.5 Å². The summed E-state index contributed by atoms with van der Waals surface area (Å²) in [6, 6.07) is 18.5. The van der Waals surface area contributed by atoms with E-state index in [0.29, 0.717) is 6.54 Å². The van der Waals surface area contributed by atoms with Crippen molar-refractivity contribution in [1.29, 1.82) is 0 Å². The molecular weight excluding hydrogens is 256 g/mol. The first-order valence-corrected chi connectivity index (χ1v) is 6.67. The number of para-hydroxylation sites is 1. The number of fused-ring (bicyclic) bond motifs is 1. The number of hydrogen-bond acceptors (Lipinski definition) is 1. The van der Waals surface area contributed by atoms with E-state index in [1.165, 1.54) is 16.5 Å². The third kappa shape index (κ3) is 2.37. The maximum Gasteiger partial charge on any atom is 0.0486 e. The summed E-state index contributed by atoms with van der Waals surface area (Å²) >= 11 is 5.92. The molecule has 1 aromatic heterocycles. The van der Waals surface area contributed by atoms with Crippen LogP contribution in [0.4, 0.5) is 0 Å². The highest BCUT2D eigenvalue weighted by Crippen LogP contribution is 2.21. The van der Waals surface area contributed by atoms with E-state index in [2.05, 4.69) is 47.0 Å². The Labute approximate surface area is 117 Å². The van der Waals surface area contributed by atoms with E-state index in [1.807, 2.05) is 12.1 Å². The number of hydrogen-bond donors (Lipinski definition) is 1. The Bertz CT molecular complexity index is 698. The molecule has 19 heavy (non-hydrogen) atoms. The van der Waals surface area contributed by atoms with Crippen LogP contribution in [-0.2, 0) is 13.1 Å². The van der Waals surface area contributed by atoms with Crippen molar-refractivity contribution in [3.8, 4) is 0 Å². The molecular formula is C16H15ClN2. The molecule has 2 aromatic carbocycles. The van der Waals surface area contributed by atoms with E-state index < -0.39 is 0 Å². The predicted octanol–water partition coefficient (Wildman–Crippen LogP) is 3.80. The molecule has 0 aliphatic rings. The van der Waals surface area contributed by atoms with Gasteiger partial charge in [-0.2, -0.15) is 0 Å². The first kappa shape index (κ1) is 12.3. The van der Waals surface area contributed by atoms with Crippen LogP contribution in [0.25, 0.3) is 10.9 Å². The molecule has 0 fully saturated rings. The SMILES string of the molecule is NCc1cc2ccccc2n1Cc1ccc(Cl)cc1. The molecule has 0 unspecified atom stereocenters. The first-order valence-electron chi connectivity index (χ1n) is 6.29. The number of benzene rings is 2. The minimum Gasteiger partial charge on any atom is -0.339 e. The highest BCUT2D eigenvalue weighted by Gasteiger charge is 2.07. The average molecular weight is 271 g/mol. The first-order chi connectivity index (χ1) is 9.28. The lowest BCUT2D eigenvalue weighted by Crippen LogP contribution is -2.08. The van der Waals surface area contributed by atoms with Gasteiger partial charge >= 0.3 is 0 Å². The Balaban J connectivity index is 2.06. The molecule has 0 spiro atoms. The molecule has 3 aromatic rings. The van der Waals surface area contributed by atoms with E-state index in [0.717, 1.165) is 17.3 Å². The smallest absolute Gasteiger partial charge is 0.0486 e. The molecule has 0 amide bonds. The fraction of sp³-hybridized carbons (Fsp3) is 0.125. The Morgan fingerprint density at radius 2 is 1.74 bits per heavy atom. The van der Waals surface area contributed by atoms with Gasteiger partial charge in [-0.3, -0.25) is 0 Å². The molecule has 1 heterocycles. The van der Waals surface area contributed by atoms with E-state index in [-0.39, 0.29) is 0 Å². The number of nitrogens with two attached hydrogens (primary N) is 1. The van der Waals surface area contributed by atoms with E-state index >= 15 is 0 Å². The zero-order valence-corrected chi connectivity index (χ0v) is 11.3. The van der Waals surface area contributed by atoms with Gasteiger partial charge in [-0.1, -0.05) is 41.9 Å². The molecule has 0 radical (unpaired) electrons. The van der Waals surface area contributed by atoms with Crippen LogP contribution in [0.2, 0.25) is 5.02 Å². The van der Waals surface area contributed by atoms with Crippen LogP contribution in [0.15, 0.2) is 54.6 Å². The van der Waals surface area contributed by atoms with Crippen LogP contribution in [0.5, 0.6) is 0 Å². The molecule has 0 atom stereocenters. The van der Waals surface area contributed by atoms with Gasteiger partial charge in [-0.05, 0) is 35.2 Å². The number of aromatic nitrogens is 1. The standard InChI is InChI=1S/C16H15ClN2/c17-14-7-5-12(6-8-14)11-19-15(10-18)9-13-3-1-2-4-16(13)19/h1-9H,10-11,18H2. The van der Waals surface area contributed by atoms with Crippen molar-refractivity contribution in [3.63, 3.8) is 0 Å². The van der Waals surface area contributed by atoms with Crippen molar-refractivity contribution in [1.82, 2.24) is 4.57 Å². The summed E-state index contributed by atoms with van der Waals surface area (Å²) in [5, 5.41) is 2.00. The average Bonchev–Trinajstić information content (AvgIpc) is 2.79. The summed E-state index contributed by atoms with van der Waals surface area (Å²) in [7, 11) is 0. The molecule has 3 heteroatoms. The normalized spacial score (nSPS) is 11.1. The second-order valence-corrected chi connectivity index (χ2v) is 5.05. The minimum absolute atomic E-state index is 0.544. The van der Waals surface area contributed by atoms with Crippen molar-refractivity contribution in [3.05, 3.63) is 70.9 Å². The predicted molar refractivity (Wildman–Crippen MR) is 80.4 cm³/mol. The van der Waals surface area contributed by atoms with Gasteiger partial charge < -0.3 is 10.3 Å². The molecule has 0 bridgehead atoms. The van der Waals surface area contributed by atoms with Crippen LogP contribution in [-0.4, -0.2) is 4.57 Å². The van der Waals surface area contributed by atoms with Gasteiger partial charge in [-0.15, -0.1) is 0 Å². The number of nitrogens with zero attached hydrogens (tertiary/aromatic N) is 1. The Kier molecular flexibility index (Phi) is 3.28. The van der Waals surface area contributed by atoms with E-state index in [1.54, 1.807) is 0 Å². The number of halogens is 1. The van der Waals surface area contributed by atoms with Crippen molar-refractivity contribution < 1.29 is 0 Å². The number of rotatable bonds is 3. The Morgan fingerprint density at radius 3 is 2.47 bits per heavy atom. The summed E-state index contributed by atoms with van der Waals surface area (Å²) in [6.07, 6.45) is 0. The highest BCUT2D eigenvalue weighted by molar-refractivity contribution is 6.30. The minimum atomic E-state index is 0.544. The fourth-order valence-electron chi connectivity index (χ4n) is 2.40. The Morgan fingerprint density at radius 1 is 1.00 bits per heavy atom. The summed E-state index contributed by atoms with van der Waals surface area (Å²) in [6.45, 7) is 1.36. The molecule has 0 saturated heterocycles. The van der Waals surface area contributed by atoms with Crippen molar-refractivity contribution in [2.24, 2.45) is 5.73 Å². The summed E-state index contributed by atoms with van der Waals surface area (Å²) < 4.78 is 2.26. The van der Waals surface area contributed by atoms with E-state index in [9.17, 15) is 0 Å². The van der Waals surface area contributed by atoms with Crippen LogP contribution in [0.3, 0.4) is 0 Å². The topological polar surface area (TPSA) is 30.9 Å². The highest BCUT2D eigenvalue weighted by atomic mass is 35.5. The lowest BCUT2D eigenvalue weighted by molar-refractivity contribution is 0.768. The van der Waals surface area contributed by atoms with Gasteiger partial charge in [0.1, 0.15) is 0 Å². The van der Waals surface area contributed by atoms with Crippen LogP contribution >= 0.6 is 11.6 Å². The lowest BCUT2D eigenvalue weighted by atomic mass is 10.2. The summed E-state index contributed by atoms with van der Waals surface area (Å²) in [5.41, 5.74) is 9.44. The van der Waals surface area contributed by atoms with E-state index in [4.69, 9.17) is 17.3 Å². The monoisotopic (exact) mass is 270 g/mol. The molecule has 3 rings (SSSR count). The molecule has 2 N–H and O–H groups in total. The maximum atomic E-state index is 5.92. The third-order valence-corrected chi connectivity index (χ3v) is 3.61. The molecule has 0 saturated carbocycles. The van der Waals surface area contributed by atoms with Crippen LogP contribution in [0.1, 0.15) is 11.3 Å². The Hall–Kier alpha value is -1.77. The molecule has 96 valence electrons. The summed E-state index contributed by atoms with van der Waals surface area (Å²) in [5.74, 6) is 0. The zero-order chi connectivity index (χ0) is 13.2.